The zero-order valence-electron chi connectivity index (χ0n) is 20.4. The Bertz CT molecular complexity index is 1360. The third-order valence-electron chi connectivity index (χ3n) is 7.20. The van der Waals surface area contributed by atoms with Gasteiger partial charge in [-0.2, -0.15) is 0 Å². The molecule has 186 valence electrons. The smallest absolute Gasteiger partial charge is 0.293 e. The molecule has 1 saturated heterocycles. The van der Waals surface area contributed by atoms with Gasteiger partial charge in [-0.15, -0.1) is 0 Å². The molecule has 0 N–H and O–H groups in total. The first kappa shape index (κ1) is 24.8. The van der Waals surface area contributed by atoms with Crippen LogP contribution in [0.2, 0.25) is 5.02 Å². The van der Waals surface area contributed by atoms with E-state index in [-0.39, 0.29) is 22.7 Å². The van der Waals surface area contributed by atoms with Crippen molar-refractivity contribution in [3.8, 4) is 5.69 Å². The Morgan fingerprint density at radius 2 is 1.75 bits per heavy atom. The highest BCUT2D eigenvalue weighted by Gasteiger charge is 2.35. The van der Waals surface area contributed by atoms with Crippen molar-refractivity contribution < 1.29 is 14.0 Å². The summed E-state index contributed by atoms with van der Waals surface area (Å²) in [4.78, 5) is 27.2. The van der Waals surface area contributed by atoms with Gasteiger partial charge in [0.05, 0.1) is 11.4 Å². The number of hydrogen-bond acceptors (Lipinski definition) is 3. The highest BCUT2D eigenvalue weighted by atomic mass is 35.5. The number of hydrogen-bond donors (Lipinski definition) is 0. The van der Waals surface area contributed by atoms with Crippen LogP contribution in [-0.2, 0) is 11.3 Å². The van der Waals surface area contributed by atoms with Gasteiger partial charge in [0, 0.05) is 22.1 Å². The Labute approximate surface area is 220 Å². The molecule has 0 atom stereocenters. The summed E-state index contributed by atoms with van der Waals surface area (Å²) < 4.78 is 15.6. The van der Waals surface area contributed by atoms with Crippen molar-refractivity contribution in [1.29, 1.82) is 0 Å². The third kappa shape index (κ3) is 4.89. The topological polar surface area (TPSA) is 42.3 Å². The van der Waals surface area contributed by atoms with E-state index in [9.17, 15) is 14.0 Å². The van der Waals surface area contributed by atoms with E-state index in [1.807, 2.05) is 19.9 Å². The average Bonchev–Trinajstić information content (AvgIpc) is 3.30. The highest BCUT2D eigenvalue weighted by Crippen LogP contribution is 2.36. The number of halogens is 2. The van der Waals surface area contributed by atoms with Crippen molar-refractivity contribution in [1.82, 2.24) is 9.47 Å². The number of amides is 2. The first-order chi connectivity index (χ1) is 17.3. The van der Waals surface area contributed by atoms with Crippen LogP contribution >= 0.6 is 23.4 Å². The molecule has 2 fully saturated rings. The molecule has 0 bridgehead atoms. The van der Waals surface area contributed by atoms with E-state index >= 15 is 0 Å². The maximum atomic E-state index is 13.4. The quantitative estimate of drug-likeness (QED) is 0.317. The van der Waals surface area contributed by atoms with Crippen LogP contribution in [0, 0.1) is 19.7 Å². The zero-order valence-corrected chi connectivity index (χ0v) is 22.0. The lowest BCUT2D eigenvalue weighted by molar-refractivity contribution is -0.123. The van der Waals surface area contributed by atoms with Crippen LogP contribution in [0.3, 0.4) is 0 Å². The fourth-order valence-corrected chi connectivity index (χ4v) is 6.32. The molecule has 1 aliphatic carbocycles. The van der Waals surface area contributed by atoms with Crippen LogP contribution in [-0.4, -0.2) is 20.6 Å². The second-order valence-electron chi connectivity index (χ2n) is 9.59. The molecule has 2 amide bonds. The first-order valence-corrected chi connectivity index (χ1v) is 13.5. The number of aryl methyl sites for hydroxylation is 1. The maximum Gasteiger partial charge on any atom is 0.293 e. The van der Waals surface area contributed by atoms with E-state index < -0.39 is 5.82 Å². The normalized spacial score (nSPS) is 18.0. The van der Waals surface area contributed by atoms with Gasteiger partial charge in [0.1, 0.15) is 5.82 Å². The van der Waals surface area contributed by atoms with Gasteiger partial charge in [0.25, 0.3) is 11.1 Å². The Morgan fingerprint density at radius 1 is 1.03 bits per heavy atom. The second kappa shape index (κ2) is 10.3. The van der Waals surface area contributed by atoms with Crippen molar-refractivity contribution in [2.45, 2.75) is 58.4 Å². The van der Waals surface area contributed by atoms with Crippen LogP contribution < -0.4 is 0 Å². The zero-order chi connectivity index (χ0) is 25.4. The van der Waals surface area contributed by atoms with Crippen LogP contribution in [0.1, 0.15) is 66.1 Å². The maximum absolute atomic E-state index is 13.4. The first-order valence-electron chi connectivity index (χ1n) is 12.3. The lowest BCUT2D eigenvalue weighted by Crippen LogP contribution is -2.27. The summed E-state index contributed by atoms with van der Waals surface area (Å²) in [5.41, 5.74) is 5.98. The predicted molar refractivity (Wildman–Crippen MR) is 144 cm³/mol. The Kier molecular flexibility index (Phi) is 7.09. The van der Waals surface area contributed by atoms with Gasteiger partial charge in [-0.05, 0) is 97.5 Å². The van der Waals surface area contributed by atoms with Crippen molar-refractivity contribution in [2.75, 3.05) is 0 Å². The minimum Gasteiger partial charge on any atom is -0.318 e. The van der Waals surface area contributed by atoms with Gasteiger partial charge < -0.3 is 4.57 Å². The van der Waals surface area contributed by atoms with E-state index in [1.165, 1.54) is 55.9 Å². The summed E-state index contributed by atoms with van der Waals surface area (Å²) >= 11 is 7.02. The summed E-state index contributed by atoms with van der Waals surface area (Å²) in [6.07, 6.45) is 8.30. The number of benzene rings is 2. The summed E-state index contributed by atoms with van der Waals surface area (Å²) in [5, 5.41) is -0.171. The number of imide groups is 1. The monoisotopic (exact) mass is 522 g/mol. The van der Waals surface area contributed by atoms with Crippen molar-refractivity contribution in [2.24, 2.45) is 0 Å². The number of aromatic nitrogens is 1. The standard InChI is InChI=1S/C29H28ClFN2O2S/c1-18-14-23(19(2)33(18)25-12-9-21(10-13-25)20-6-4-3-5-7-20)15-27-28(34)32(29(35)36-27)17-22-8-11-24(31)16-26(22)30/h8-16,20H,3-7,17H2,1-2H3/b27-15-. The second-order valence-corrected chi connectivity index (χ2v) is 11.0. The van der Waals surface area contributed by atoms with Crippen LogP contribution in [0.25, 0.3) is 11.8 Å². The highest BCUT2D eigenvalue weighted by molar-refractivity contribution is 8.18. The molecule has 1 aromatic heterocycles. The molecule has 2 aliphatic rings. The molecule has 0 spiro atoms. The molecule has 3 aromatic rings. The van der Waals surface area contributed by atoms with E-state index in [0.29, 0.717) is 16.4 Å². The number of nitrogens with zero attached hydrogens (tertiary/aromatic N) is 2. The Morgan fingerprint density at radius 3 is 2.44 bits per heavy atom. The van der Waals surface area contributed by atoms with Gasteiger partial charge in [-0.3, -0.25) is 14.5 Å². The van der Waals surface area contributed by atoms with E-state index in [1.54, 1.807) is 6.08 Å². The molecule has 1 aliphatic heterocycles. The summed E-state index contributed by atoms with van der Waals surface area (Å²) in [7, 11) is 0. The summed E-state index contributed by atoms with van der Waals surface area (Å²) in [6, 6.07) is 14.8. The molecule has 4 nitrogen and oxygen atoms in total. The average molecular weight is 523 g/mol. The molecule has 1 saturated carbocycles. The van der Waals surface area contributed by atoms with Gasteiger partial charge in [-0.25, -0.2) is 4.39 Å². The molecule has 2 aromatic carbocycles. The lowest BCUT2D eigenvalue weighted by atomic mass is 9.84. The molecule has 0 unspecified atom stereocenters. The Hall–Kier alpha value is -2.83. The fourth-order valence-electron chi connectivity index (χ4n) is 5.26. The summed E-state index contributed by atoms with van der Waals surface area (Å²) in [6.45, 7) is 4.07. The molecule has 36 heavy (non-hydrogen) atoms. The van der Waals surface area contributed by atoms with Crippen LogP contribution in [0.15, 0.2) is 53.4 Å². The molecular formula is C29H28ClFN2O2S. The van der Waals surface area contributed by atoms with E-state index in [4.69, 9.17) is 11.6 Å². The summed E-state index contributed by atoms with van der Waals surface area (Å²) in [5.74, 6) is -0.167. The van der Waals surface area contributed by atoms with Gasteiger partial charge >= 0.3 is 0 Å². The molecule has 0 radical (unpaired) electrons. The number of carbonyl (C=O) groups is 2. The minimum absolute atomic E-state index is 0.00743. The predicted octanol–water partition coefficient (Wildman–Crippen LogP) is 8.17. The van der Waals surface area contributed by atoms with Crippen LogP contribution in [0.5, 0.6) is 0 Å². The number of carbonyl (C=O) groups excluding carboxylic acids is 2. The van der Waals surface area contributed by atoms with E-state index in [0.717, 1.165) is 39.3 Å². The lowest BCUT2D eigenvalue weighted by Gasteiger charge is -2.22. The van der Waals surface area contributed by atoms with Crippen molar-refractivity contribution in [3.05, 3.63) is 92.4 Å². The van der Waals surface area contributed by atoms with Crippen molar-refractivity contribution >= 4 is 40.6 Å². The molecule has 5 rings (SSSR count). The Balaban J connectivity index is 1.37. The van der Waals surface area contributed by atoms with E-state index in [2.05, 4.69) is 28.8 Å². The van der Waals surface area contributed by atoms with Crippen molar-refractivity contribution in [3.63, 3.8) is 0 Å². The number of rotatable bonds is 5. The molecular weight excluding hydrogens is 495 g/mol. The molecule has 2 heterocycles. The fraction of sp³-hybridized carbons (Fsp3) is 0.310. The third-order valence-corrected chi connectivity index (χ3v) is 8.46. The van der Waals surface area contributed by atoms with Gasteiger partial charge in [-0.1, -0.05) is 49.1 Å². The van der Waals surface area contributed by atoms with Crippen LogP contribution in [0.4, 0.5) is 9.18 Å². The largest absolute Gasteiger partial charge is 0.318 e. The van der Waals surface area contributed by atoms with Gasteiger partial charge in [0.2, 0.25) is 0 Å². The number of thioether (sulfide) groups is 1. The minimum atomic E-state index is -0.461. The SMILES string of the molecule is Cc1cc(/C=C2\SC(=O)N(Cc3ccc(F)cc3Cl)C2=O)c(C)n1-c1ccc(C2CCCCC2)cc1. The van der Waals surface area contributed by atoms with Gasteiger partial charge in [0.15, 0.2) is 0 Å². The molecule has 7 heteroatoms.